The van der Waals surface area contributed by atoms with Crippen LogP contribution in [0.3, 0.4) is 0 Å². The molecule has 3 fully saturated rings. The zero-order chi connectivity index (χ0) is 4.43. The first kappa shape index (κ1) is 3.11. The van der Waals surface area contributed by atoms with E-state index in [1.807, 2.05) is 0 Å². The van der Waals surface area contributed by atoms with E-state index >= 15 is 0 Å². The minimum Gasteiger partial charge on any atom is -0.0499 e. The lowest BCUT2D eigenvalue weighted by atomic mass is 9.82. The standard InChI is InChI=1S/C7H10/c1-2-5-6-3-4(1)7(5)6/h4-7H,1-3H2. The van der Waals surface area contributed by atoms with Gasteiger partial charge in [-0.3, -0.25) is 0 Å². The quantitative estimate of drug-likeness (QED) is 0.428. The molecule has 3 aliphatic rings. The molecule has 0 radical (unpaired) electrons. The van der Waals surface area contributed by atoms with Crippen molar-refractivity contribution >= 4 is 0 Å². The Morgan fingerprint density at radius 2 is 2.00 bits per heavy atom. The molecule has 0 heterocycles. The molecule has 0 nitrogen and oxygen atoms in total. The second kappa shape index (κ2) is 0.667. The molecule has 0 amide bonds. The molecule has 0 N–H and O–H groups in total. The molecule has 0 aromatic heterocycles. The maximum atomic E-state index is 1.62. The average molecular weight is 94.2 g/mol. The lowest BCUT2D eigenvalue weighted by molar-refractivity contribution is 0.270. The maximum Gasteiger partial charge on any atom is -0.0323 e. The largest absolute Gasteiger partial charge is 0.0499 e. The average Bonchev–Trinajstić information content (AvgIpc) is 2.02. The normalized spacial score (nSPS) is 72.0. The van der Waals surface area contributed by atoms with E-state index < -0.39 is 0 Å². The van der Waals surface area contributed by atoms with Crippen LogP contribution in [-0.4, -0.2) is 0 Å². The van der Waals surface area contributed by atoms with Crippen LogP contribution in [0, 0.1) is 23.7 Å². The molecule has 0 spiro atoms. The number of rotatable bonds is 0. The van der Waals surface area contributed by atoms with Gasteiger partial charge < -0.3 is 0 Å². The van der Waals surface area contributed by atoms with Gasteiger partial charge in [0.15, 0.2) is 0 Å². The third kappa shape index (κ3) is 0.181. The molecule has 0 aliphatic heterocycles. The molecule has 7 heavy (non-hydrogen) atoms. The van der Waals surface area contributed by atoms with E-state index in [9.17, 15) is 0 Å². The molecule has 0 saturated heterocycles. The topological polar surface area (TPSA) is 0 Å². The summed E-state index contributed by atoms with van der Waals surface area (Å²) in [5.41, 5.74) is 0. The molecule has 0 bridgehead atoms. The van der Waals surface area contributed by atoms with Crippen molar-refractivity contribution in [2.75, 3.05) is 0 Å². The number of hydrogen-bond acceptors (Lipinski definition) is 0. The highest BCUT2D eigenvalue weighted by molar-refractivity contribution is 5.14. The van der Waals surface area contributed by atoms with Crippen LogP contribution in [0.5, 0.6) is 0 Å². The van der Waals surface area contributed by atoms with Crippen molar-refractivity contribution in [2.45, 2.75) is 19.3 Å². The van der Waals surface area contributed by atoms with Gasteiger partial charge in [-0.25, -0.2) is 0 Å². The van der Waals surface area contributed by atoms with Crippen molar-refractivity contribution < 1.29 is 0 Å². The van der Waals surface area contributed by atoms with Gasteiger partial charge in [0.1, 0.15) is 0 Å². The van der Waals surface area contributed by atoms with E-state index in [1.165, 1.54) is 23.7 Å². The van der Waals surface area contributed by atoms with Crippen LogP contribution in [0.25, 0.3) is 0 Å². The smallest absolute Gasteiger partial charge is 0.0323 e. The highest BCUT2D eigenvalue weighted by Gasteiger charge is 2.65. The van der Waals surface area contributed by atoms with Gasteiger partial charge in [-0.1, -0.05) is 0 Å². The Hall–Kier alpha value is 0. The van der Waals surface area contributed by atoms with Crippen molar-refractivity contribution in [3.05, 3.63) is 0 Å². The maximum absolute atomic E-state index is 1.62. The van der Waals surface area contributed by atoms with Crippen molar-refractivity contribution in [3.8, 4) is 0 Å². The Morgan fingerprint density at radius 1 is 1.00 bits per heavy atom. The fourth-order valence-electron chi connectivity index (χ4n) is 2.94. The fraction of sp³-hybridized carbons (Fsp3) is 1.00. The highest BCUT2D eigenvalue weighted by Crippen LogP contribution is 2.72. The van der Waals surface area contributed by atoms with Gasteiger partial charge in [0.25, 0.3) is 0 Å². The molecular formula is C7H10. The van der Waals surface area contributed by atoms with Crippen LogP contribution in [0.2, 0.25) is 0 Å². The summed E-state index contributed by atoms with van der Waals surface area (Å²) >= 11 is 0. The Morgan fingerprint density at radius 3 is 2.14 bits per heavy atom. The van der Waals surface area contributed by atoms with Crippen LogP contribution in [0.4, 0.5) is 0 Å². The summed E-state index contributed by atoms with van der Waals surface area (Å²) < 4.78 is 0. The fourth-order valence-corrected chi connectivity index (χ4v) is 2.94. The van der Waals surface area contributed by atoms with Gasteiger partial charge in [0.05, 0.1) is 0 Å². The van der Waals surface area contributed by atoms with Crippen molar-refractivity contribution in [3.63, 3.8) is 0 Å². The summed E-state index contributed by atoms with van der Waals surface area (Å²) in [6.07, 6.45) is 4.81. The summed E-state index contributed by atoms with van der Waals surface area (Å²) in [7, 11) is 0. The van der Waals surface area contributed by atoms with Crippen molar-refractivity contribution in [1.29, 1.82) is 0 Å². The molecule has 0 aromatic carbocycles. The zero-order valence-electron chi connectivity index (χ0n) is 4.43. The minimum absolute atomic E-state index is 1.23. The van der Waals surface area contributed by atoms with Crippen LogP contribution < -0.4 is 0 Å². The van der Waals surface area contributed by atoms with Gasteiger partial charge >= 0.3 is 0 Å². The van der Waals surface area contributed by atoms with E-state index in [1.54, 1.807) is 19.3 Å². The van der Waals surface area contributed by atoms with E-state index in [-0.39, 0.29) is 0 Å². The third-order valence-corrected chi connectivity index (χ3v) is 3.39. The van der Waals surface area contributed by atoms with Crippen molar-refractivity contribution in [1.82, 2.24) is 0 Å². The molecule has 0 aromatic rings. The zero-order valence-corrected chi connectivity index (χ0v) is 4.43. The molecule has 4 unspecified atom stereocenters. The predicted molar refractivity (Wildman–Crippen MR) is 27.8 cm³/mol. The monoisotopic (exact) mass is 94.1 g/mol. The van der Waals surface area contributed by atoms with Crippen molar-refractivity contribution in [2.24, 2.45) is 23.7 Å². The van der Waals surface area contributed by atoms with Gasteiger partial charge in [-0.2, -0.15) is 0 Å². The number of fused-ring (bicyclic) bond motifs is 1. The molecule has 3 saturated carbocycles. The molecular weight excluding hydrogens is 84.1 g/mol. The number of hydrogen-bond donors (Lipinski definition) is 0. The second-order valence-electron chi connectivity index (χ2n) is 3.48. The minimum atomic E-state index is 1.23. The van der Waals surface area contributed by atoms with Gasteiger partial charge in [-0.15, -0.1) is 0 Å². The molecule has 4 atom stereocenters. The SMILES string of the molecule is C1CC2C3CC1C23. The first-order valence-corrected chi connectivity index (χ1v) is 3.47. The van der Waals surface area contributed by atoms with Crippen LogP contribution >= 0.6 is 0 Å². The molecule has 3 aliphatic carbocycles. The lowest BCUT2D eigenvalue weighted by Gasteiger charge is -2.23. The summed E-state index contributed by atoms with van der Waals surface area (Å²) in [6, 6.07) is 0. The summed E-state index contributed by atoms with van der Waals surface area (Å²) in [5, 5.41) is 0. The van der Waals surface area contributed by atoms with Gasteiger partial charge in [0.2, 0.25) is 0 Å². The van der Waals surface area contributed by atoms with E-state index in [0.29, 0.717) is 0 Å². The Labute approximate surface area is 43.9 Å². The summed E-state index contributed by atoms with van der Waals surface area (Å²) in [4.78, 5) is 0. The highest BCUT2D eigenvalue weighted by atomic mass is 14.7. The Bertz CT molecular complexity index is 104. The van der Waals surface area contributed by atoms with E-state index in [4.69, 9.17) is 0 Å². The van der Waals surface area contributed by atoms with Crippen LogP contribution in [0.1, 0.15) is 19.3 Å². The van der Waals surface area contributed by atoms with E-state index in [0.717, 1.165) is 0 Å². The first-order valence-electron chi connectivity index (χ1n) is 3.47. The van der Waals surface area contributed by atoms with Gasteiger partial charge in [-0.05, 0) is 42.9 Å². The Kier molecular flexibility index (Phi) is 0.296. The summed E-state index contributed by atoms with van der Waals surface area (Å²) in [5.74, 6) is 5.03. The molecule has 3 rings (SSSR count). The van der Waals surface area contributed by atoms with Crippen LogP contribution in [-0.2, 0) is 0 Å². The van der Waals surface area contributed by atoms with E-state index in [2.05, 4.69) is 0 Å². The first-order chi connectivity index (χ1) is 3.47. The Balaban J connectivity index is 2.07. The molecule has 0 heteroatoms. The predicted octanol–water partition coefficient (Wildman–Crippen LogP) is 1.66. The third-order valence-electron chi connectivity index (χ3n) is 3.39. The van der Waals surface area contributed by atoms with Crippen LogP contribution in [0.15, 0.2) is 0 Å². The second-order valence-corrected chi connectivity index (χ2v) is 3.48. The van der Waals surface area contributed by atoms with Gasteiger partial charge in [0, 0.05) is 0 Å². The summed E-state index contributed by atoms with van der Waals surface area (Å²) in [6.45, 7) is 0. The molecule has 38 valence electrons. The lowest BCUT2D eigenvalue weighted by Crippen LogP contribution is -2.14.